The number of rotatable bonds is 8. The first-order valence-electron chi connectivity index (χ1n) is 7.14. The molecule has 0 bridgehead atoms. The molecule has 1 rings (SSSR count). The van der Waals surface area contributed by atoms with Crippen molar-refractivity contribution in [3.63, 3.8) is 0 Å². The zero-order valence-electron chi connectivity index (χ0n) is 12.8. The van der Waals surface area contributed by atoms with Gasteiger partial charge in [-0.25, -0.2) is 4.98 Å². The molecule has 0 aliphatic heterocycles. The van der Waals surface area contributed by atoms with Crippen LogP contribution in [0.3, 0.4) is 0 Å². The van der Waals surface area contributed by atoms with Gasteiger partial charge < -0.3 is 15.0 Å². The van der Waals surface area contributed by atoms with E-state index in [1.54, 1.807) is 18.1 Å². The van der Waals surface area contributed by atoms with Crippen molar-refractivity contribution in [3.8, 4) is 0 Å². The molecule has 1 aromatic heterocycles. The summed E-state index contributed by atoms with van der Waals surface area (Å²) < 4.78 is 5.12. The predicted octanol–water partition coefficient (Wildman–Crippen LogP) is 2.40. The Labute approximate surface area is 121 Å². The summed E-state index contributed by atoms with van der Waals surface area (Å²) in [5.41, 5.74) is 0.468. The number of nitrogens with zero attached hydrogens (tertiary/aromatic N) is 2. The molecule has 1 heterocycles. The number of nitrogens with one attached hydrogen (secondary N) is 1. The van der Waals surface area contributed by atoms with Crippen LogP contribution in [0, 0.1) is 0 Å². The van der Waals surface area contributed by atoms with Crippen LogP contribution in [-0.2, 0) is 4.74 Å². The molecule has 1 unspecified atom stereocenters. The topological polar surface area (TPSA) is 54.5 Å². The van der Waals surface area contributed by atoms with Crippen LogP contribution in [0.5, 0.6) is 0 Å². The fourth-order valence-corrected chi connectivity index (χ4v) is 2.04. The Morgan fingerprint density at radius 2 is 2.20 bits per heavy atom. The van der Waals surface area contributed by atoms with Crippen molar-refractivity contribution in [3.05, 3.63) is 23.9 Å². The highest BCUT2D eigenvalue weighted by Crippen LogP contribution is 2.10. The zero-order chi connectivity index (χ0) is 15.0. The van der Waals surface area contributed by atoms with E-state index < -0.39 is 0 Å². The highest BCUT2D eigenvalue weighted by atomic mass is 16.5. The van der Waals surface area contributed by atoms with Gasteiger partial charge in [-0.05, 0) is 32.4 Å². The molecule has 20 heavy (non-hydrogen) atoms. The first kappa shape index (κ1) is 16.4. The highest BCUT2D eigenvalue weighted by molar-refractivity contribution is 5.92. The average Bonchev–Trinajstić information content (AvgIpc) is 2.46. The molecule has 1 amide bonds. The third-order valence-electron chi connectivity index (χ3n) is 3.07. The van der Waals surface area contributed by atoms with Crippen molar-refractivity contribution < 1.29 is 9.53 Å². The normalized spacial score (nSPS) is 12.0. The standard InChI is InChI=1S/C15H25N3O2/c1-5-10-16-14-9-7-8-13(17-14)15(19)18(6-2)12(3)11-20-4/h7-9,12H,5-6,10-11H2,1-4H3,(H,16,17). The molecule has 0 saturated heterocycles. The van der Waals surface area contributed by atoms with Gasteiger partial charge in [0.1, 0.15) is 11.5 Å². The van der Waals surface area contributed by atoms with Crippen LogP contribution in [0.15, 0.2) is 18.2 Å². The number of carbonyl (C=O) groups is 1. The second-order valence-electron chi connectivity index (χ2n) is 4.73. The molecule has 1 N–H and O–H groups in total. The molecule has 0 aliphatic carbocycles. The van der Waals surface area contributed by atoms with E-state index in [0.717, 1.165) is 18.8 Å². The van der Waals surface area contributed by atoms with Gasteiger partial charge in [0.2, 0.25) is 0 Å². The molecule has 5 nitrogen and oxygen atoms in total. The number of ether oxygens (including phenoxy) is 1. The van der Waals surface area contributed by atoms with Crippen molar-refractivity contribution in [2.24, 2.45) is 0 Å². The third kappa shape index (κ3) is 4.49. The molecule has 112 valence electrons. The van der Waals surface area contributed by atoms with Crippen molar-refractivity contribution in [1.29, 1.82) is 0 Å². The second-order valence-corrected chi connectivity index (χ2v) is 4.73. The predicted molar refractivity (Wildman–Crippen MR) is 81.1 cm³/mol. The smallest absolute Gasteiger partial charge is 0.272 e. The lowest BCUT2D eigenvalue weighted by atomic mass is 10.2. The number of pyridine rings is 1. The van der Waals surface area contributed by atoms with Crippen molar-refractivity contribution in [1.82, 2.24) is 9.88 Å². The molecule has 0 fully saturated rings. The van der Waals surface area contributed by atoms with Gasteiger partial charge >= 0.3 is 0 Å². The van der Waals surface area contributed by atoms with Gasteiger partial charge in [-0.1, -0.05) is 13.0 Å². The Kier molecular flexibility index (Phi) is 7.01. The van der Waals surface area contributed by atoms with Crippen molar-refractivity contribution in [2.45, 2.75) is 33.2 Å². The Morgan fingerprint density at radius 1 is 1.45 bits per heavy atom. The van der Waals surface area contributed by atoms with Crippen LogP contribution in [0.1, 0.15) is 37.7 Å². The average molecular weight is 279 g/mol. The van der Waals surface area contributed by atoms with E-state index in [4.69, 9.17) is 4.74 Å². The number of anilines is 1. The first-order valence-corrected chi connectivity index (χ1v) is 7.14. The van der Waals surface area contributed by atoms with Crippen LogP contribution in [-0.4, -0.2) is 48.6 Å². The summed E-state index contributed by atoms with van der Waals surface area (Å²) in [5.74, 6) is 0.686. The Bertz CT molecular complexity index is 423. The Hall–Kier alpha value is -1.62. The molecular formula is C15H25N3O2. The largest absolute Gasteiger partial charge is 0.383 e. The summed E-state index contributed by atoms with van der Waals surface area (Å²) in [6, 6.07) is 5.52. The van der Waals surface area contributed by atoms with Crippen LogP contribution in [0.4, 0.5) is 5.82 Å². The van der Waals surface area contributed by atoms with E-state index in [2.05, 4.69) is 17.2 Å². The number of carbonyl (C=O) groups excluding carboxylic acids is 1. The monoisotopic (exact) mass is 279 g/mol. The third-order valence-corrected chi connectivity index (χ3v) is 3.07. The summed E-state index contributed by atoms with van der Waals surface area (Å²) in [5, 5.41) is 3.19. The van der Waals surface area contributed by atoms with Gasteiger partial charge in [0.05, 0.1) is 12.6 Å². The minimum atomic E-state index is -0.0581. The van der Waals surface area contributed by atoms with Crippen LogP contribution < -0.4 is 5.32 Å². The maximum Gasteiger partial charge on any atom is 0.272 e. The lowest BCUT2D eigenvalue weighted by Crippen LogP contribution is -2.41. The minimum Gasteiger partial charge on any atom is -0.383 e. The molecule has 0 radical (unpaired) electrons. The Balaban J connectivity index is 2.83. The number of hydrogen-bond acceptors (Lipinski definition) is 4. The molecule has 0 spiro atoms. The number of methoxy groups -OCH3 is 1. The maximum absolute atomic E-state index is 12.5. The molecule has 0 aromatic carbocycles. The SMILES string of the molecule is CCCNc1cccc(C(=O)N(CC)C(C)COC)n1. The molecule has 1 atom stereocenters. The van der Waals surface area contributed by atoms with Gasteiger partial charge in [-0.15, -0.1) is 0 Å². The van der Waals surface area contributed by atoms with Crippen LogP contribution >= 0.6 is 0 Å². The summed E-state index contributed by atoms with van der Waals surface area (Å²) in [4.78, 5) is 18.6. The second kappa shape index (κ2) is 8.53. The van der Waals surface area contributed by atoms with Gasteiger partial charge in [-0.3, -0.25) is 4.79 Å². The highest BCUT2D eigenvalue weighted by Gasteiger charge is 2.21. The van der Waals surface area contributed by atoms with E-state index >= 15 is 0 Å². The Morgan fingerprint density at radius 3 is 2.80 bits per heavy atom. The van der Waals surface area contributed by atoms with E-state index in [9.17, 15) is 4.79 Å². The quantitative estimate of drug-likeness (QED) is 0.794. The molecule has 0 aliphatic rings. The molecule has 1 aromatic rings. The summed E-state index contributed by atoms with van der Waals surface area (Å²) in [6.07, 6.45) is 1.02. The lowest BCUT2D eigenvalue weighted by molar-refractivity contribution is 0.0574. The van der Waals surface area contributed by atoms with Gasteiger partial charge in [0.15, 0.2) is 0 Å². The summed E-state index contributed by atoms with van der Waals surface area (Å²) in [7, 11) is 1.64. The molecule has 5 heteroatoms. The summed E-state index contributed by atoms with van der Waals surface area (Å²) in [6.45, 7) is 8.04. The van der Waals surface area contributed by atoms with Gasteiger partial charge in [-0.2, -0.15) is 0 Å². The van der Waals surface area contributed by atoms with E-state index in [-0.39, 0.29) is 11.9 Å². The van der Waals surface area contributed by atoms with Crippen LogP contribution in [0.25, 0.3) is 0 Å². The van der Waals surface area contributed by atoms with E-state index in [0.29, 0.717) is 18.8 Å². The summed E-state index contributed by atoms with van der Waals surface area (Å²) >= 11 is 0. The van der Waals surface area contributed by atoms with Gasteiger partial charge in [0, 0.05) is 20.2 Å². The minimum absolute atomic E-state index is 0.0338. The zero-order valence-corrected chi connectivity index (χ0v) is 12.8. The van der Waals surface area contributed by atoms with E-state index in [1.165, 1.54) is 0 Å². The number of likely N-dealkylation sites (N-methyl/N-ethyl adjacent to an activating group) is 1. The maximum atomic E-state index is 12.5. The fraction of sp³-hybridized carbons (Fsp3) is 0.600. The lowest BCUT2D eigenvalue weighted by Gasteiger charge is -2.27. The van der Waals surface area contributed by atoms with Crippen LogP contribution in [0.2, 0.25) is 0 Å². The van der Waals surface area contributed by atoms with Crippen molar-refractivity contribution >= 4 is 11.7 Å². The number of hydrogen-bond donors (Lipinski definition) is 1. The van der Waals surface area contributed by atoms with Crippen molar-refractivity contribution in [2.75, 3.05) is 32.1 Å². The first-order chi connectivity index (χ1) is 9.63. The van der Waals surface area contributed by atoms with E-state index in [1.807, 2.05) is 26.0 Å². The molecular weight excluding hydrogens is 254 g/mol. The fourth-order valence-electron chi connectivity index (χ4n) is 2.04. The molecule has 0 saturated carbocycles. The number of aromatic nitrogens is 1. The van der Waals surface area contributed by atoms with Gasteiger partial charge in [0.25, 0.3) is 5.91 Å². The number of amides is 1.